The summed E-state index contributed by atoms with van der Waals surface area (Å²) < 4.78 is 37.6. The lowest BCUT2D eigenvalue weighted by atomic mass is 9.99. The lowest BCUT2D eigenvalue weighted by molar-refractivity contribution is -0.280. The molecule has 1 fully saturated rings. The van der Waals surface area contributed by atoms with Gasteiger partial charge in [0.15, 0.2) is 12.4 Å². The largest absolute Gasteiger partial charge is 0.397 e. The summed E-state index contributed by atoms with van der Waals surface area (Å²) in [6.07, 6.45) is -8.53. The zero-order valence-corrected chi connectivity index (χ0v) is 8.69. The molecule has 1 heterocycles. The van der Waals surface area contributed by atoms with Crippen molar-refractivity contribution in [3.05, 3.63) is 0 Å². The van der Waals surface area contributed by atoms with E-state index < -0.39 is 47.7 Å². The van der Waals surface area contributed by atoms with Gasteiger partial charge in [0, 0.05) is 0 Å². The van der Waals surface area contributed by atoms with Crippen molar-refractivity contribution in [3.8, 4) is 0 Å². The molecule has 0 aliphatic carbocycles. The van der Waals surface area contributed by atoms with Crippen LogP contribution in [0.1, 0.15) is 0 Å². The van der Waals surface area contributed by atoms with Crippen LogP contribution in [-0.2, 0) is 19.3 Å². The first-order chi connectivity index (χ1) is 7.26. The molecular formula is C6H12O9S. The molecule has 0 aromatic rings. The Labute approximate surface area is 90.8 Å². The molecule has 5 N–H and O–H groups in total. The third kappa shape index (κ3) is 3.09. The fraction of sp³-hybridized carbons (Fsp3) is 1.00. The molecule has 0 amide bonds. The van der Waals surface area contributed by atoms with Crippen molar-refractivity contribution in [1.82, 2.24) is 0 Å². The molecule has 1 unspecified atom stereocenters. The average Bonchev–Trinajstić information content (AvgIpc) is 2.17. The average molecular weight is 260 g/mol. The number of aliphatic hydroxyl groups excluding tert-OH is 4. The third-order valence-electron chi connectivity index (χ3n) is 2.08. The lowest BCUT2D eigenvalue weighted by Crippen LogP contribution is -2.59. The molecule has 9 nitrogen and oxygen atoms in total. The second kappa shape index (κ2) is 4.89. The van der Waals surface area contributed by atoms with Crippen LogP contribution in [0.2, 0.25) is 0 Å². The summed E-state index contributed by atoms with van der Waals surface area (Å²) in [7, 11) is -4.91. The smallest absolute Gasteiger partial charge is 0.394 e. The first kappa shape index (κ1) is 13.7. The molecule has 0 bridgehead atoms. The second-order valence-electron chi connectivity index (χ2n) is 3.22. The topological polar surface area (TPSA) is 154 Å². The van der Waals surface area contributed by atoms with E-state index in [1.54, 1.807) is 0 Å². The Hall–Kier alpha value is -0.330. The highest BCUT2D eigenvalue weighted by molar-refractivity contribution is 7.80. The van der Waals surface area contributed by atoms with Crippen molar-refractivity contribution >= 4 is 10.4 Å². The number of rotatable bonds is 3. The molecule has 0 aromatic heterocycles. The second-order valence-corrected chi connectivity index (χ2v) is 4.27. The summed E-state index contributed by atoms with van der Waals surface area (Å²) in [4.78, 5) is 0. The van der Waals surface area contributed by atoms with Crippen molar-refractivity contribution in [2.75, 3.05) is 6.61 Å². The minimum Gasteiger partial charge on any atom is -0.394 e. The van der Waals surface area contributed by atoms with Crippen LogP contribution in [0.25, 0.3) is 0 Å². The van der Waals surface area contributed by atoms with Crippen LogP contribution < -0.4 is 0 Å². The van der Waals surface area contributed by atoms with Crippen LogP contribution >= 0.6 is 0 Å². The van der Waals surface area contributed by atoms with E-state index in [0.717, 1.165) is 0 Å². The molecule has 1 rings (SSSR count). The molecule has 0 aromatic carbocycles. The fourth-order valence-corrected chi connectivity index (χ4v) is 1.81. The zero-order chi connectivity index (χ0) is 12.5. The molecule has 16 heavy (non-hydrogen) atoms. The van der Waals surface area contributed by atoms with E-state index >= 15 is 0 Å². The summed E-state index contributed by atoms with van der Waals surface area (Å²) in [6, 6.07) is 0. The molecule has 0 saturated carbocycles. The van der Waals surface area contributed by atoms with Gasteiger partial charge in [-0.25, -0.2) is 4.18 Å². The molecule has 0 spiro atoms. The zero-order valence-electron chi connectivity index (χ0n) is 7.87. The van der Waals surface area contributed by atoms with Gasteiger partial charge in [-0.15, -0.1) is 0 Å². The normalized spacial score (nSPS) is 40.9. The summed E-state index contributed by atoms with van der Waals surface area (Å²) >= 11 is 0. The Bertz CT molecular complexity index is 327. The summed E-state index contributed by atoms with van der Waals surface area (Å²) in [5, 5.41) is 36.6. The molecule has 96 valence electrons. The first-order valence-electron chi connectivity index (χ1n) is 4.22. The Morgan fingerprint density at radius 2 is 1.75 bits per heavy atom. The van der Waals surface area contributed by atoms with Gasteiger partial charge in [-0.1, -0.05) is 0 Å². The highest BCUT2D eigenvalue weighted by Crippen LogP contribution is 2.22. The van der Waals surface area contributed by atoms with E-state index in [4.69, 9.17) is 9.66 Å². The van der Waals surface area contributed by atoms with Gasteiger partial charge in [0.25, 0.3) is 0 Å². The quantitative estimate of drug-likeness (QED) is 0.327. The molecule has 10 heteroatoms. The van der Waals surface area contributed by atoms with Gasteiger partial charge in [-0.2, -0.15) is 8.42 Å². The molecule has 1 aliphatic rings. The number of hydrogen-bond donors (Lipinski definition) is 5. The van der Waals surface area contributed by atoms with Crippen LogP contribution in [0.4, 0.5) is 0 Å². The van der Waals surface area contributed by atoms with Crippen molar-refractivity contribution in [2.24, 2.45) is 0 Å². The highest BCUT2D eigenvalue weighted by Gasteiger charge is 2.46. The van der Waals surface area contributed by atoms with Gasteiger partial charge >= 0.3 is 10.4 Å². The fourth-order valence-electron chi connectivity index (χ4n) is 1.32. The maximum Gasteiger partial charge on any atom is 0.397 e. The van der Waals surface area contributed by atoms with E-state index in [2.05, 4.69) is 8.92 Å². The van der Waals surface area contributed by atoms with E-state index in [9.17, 15) is 23.7 Å². The first-order valence-corrected chi connectivity index (χ1v) is 5.59. The maximum absolute atomic E-state index is 10.4. The Balaban J connectivity index is 2.80. The minimum atomic E-state index is -4.91. The van der Waals surface area contributed by atoms with Crippen molar-refractivity contribution in [2.45, 2.75) is 30.7 Å². The standard InChI is InChI=1S/C6H12O9S/c7-1-2-3(8)4(9)5(6(10)14-2)15-16(11,12)13/h2-10H,1H2,(H,11,12,13)/t2-,3-,4+,5-,6?/m1/s1. The maximum atomic E-state index is 10.4. The Kier molecular flexibility index (Phi) is 4.20. The molecule has 1 aliphatic heterocycles. The van der Waals surface area contributed by atoms with Crippen molar-refractivity contribution < 1.29 is 42.3 Å². The Morgan fingerprint density at radius 1 is 1.19 bits per heavy atom. The SMILES string of the molecule is O=S(=O)(O)O[C@H]1C(O)O[C@H](CO)[C@@H](O)[C@@H]1O. The van der Waals surface area contributed by atoms with Gasteiger partial charge in [0.2, 0.25) is 0 Å². The summed E-state index contributed by atoms with van der Waals surface area (Å²) in [5.74, 6) is 0. The Morgan fingerprint density at radius 3 is 2.19 bits per heavy atom. The van der Waals surface area contributed by atoms with Crippen LogP contribution in [0.3, 0.4) is 0 Å². The predicted octanol–water partition coefficient (Wildman–Crippen LogP) is -3.39. The third-order valence-corrected chi connectivity index (χ3v) is 2.54. The predicted molar refractivity (Wildman–Crippen MR) is 46.4 cm³/mol. The molecule has 1 saturated heterocycles. The van der Waals surface area contributed by atoms with E-state index in [0.29, 0.717) is 0 Å². The van der Waals surface area contributed by atoms with Gasteiger partial charge in [0.05, 0.1) is 6.61 Å². The molecule has 0 radical (unpaired) electrons. The number of hydrogen-bond acceptors (Lipinski definition) is 8. The van der Waals surface area contributed by atoms with Gasteiger partial charge < -0.3 is 25.2 Å². The van der Waals surface area contributed by atoms with Gasteiger partial charge in [-0.3, -0.25) is 4.55 Å². The van der Waals surface area contributed by atoms with Crippen molar-refractivity contribution in [3.63, 3.8) is 0 Å². The van der Waals surface area contributed by atoms with Crippen molar-refractivity contribution in [1.29, 1.82) is 0 Å². The van der Waals surface area contributed by atoms with Gasteiger partial charge in [0.1, 0.15) is 18.3 Å². The van der Waals surface area contributed by atoms with E-state index in [1.165, 1.54) is 0 Å². The lowest BCUT2D eigenvalue weighted by Gasteiger charge is -2.38. The van der Waals surface area contributed by atoms with Crippen LogP contribution in [0.5, 0.6) is 0 Å². The number of aliphatic hydroxyl groups is 4. The van der Waals surface area contributed by atoms with Gasteiger partial charge in [-0.05, 0) is 0 Å². The van der Waals surface area contributed by atoms with E-state index in [-0.39, 0.29) is 0 Å². The minimum absolute atomic E-state index is 0.687. The van der Waals surface area contributed by atoms with Crippen LogP contribution in [0, 0.1) is 0 Å². The summed E-state index contributed by atoms with van der Waals surface area (Å²) in [5.41, 5.74) is 0. The molecular weight excluding hydrogens is 248 g/mol. The van der Waals surface area contributed by atoms with E-state index in [1.807, 2.05) is 0 Å². The highest BCUT2D eigenvalue weighted by atomic mass is 32.3. The monoisotopic (exact) mass is 260 g/mol. The number of ether oxygens (including phenoxy) is 1. The van der Waals surface area contributed by atoms with Crippen LogP contribution in [0.15, 0.2) is 0 Å². The molecule has 5 atom stereocenters. The van der Waals surface area contributed by atoms with Crippen LogP contribution in [-0.4, -0.2) is 70.7 Å². The summed E-state index contributed by atoms with van der Waals surface area (Å²) in [6.45, 7) is -0.687.